The average molecular weight is 276 g/mol. The van der Waals surface area contributed by atoms with Crippen LogP contribution in [-0.2, 0) is 10.7 Å². The van der Waals surface area contributed by atoms with Gasteiger partial charge in [0.2, 0.25) is 5.85 Å². The van der Waals surface area contributed by atoms with E-state index in [4.69, 9.17) is 14.5 Å². The molecule has 1 aromatic rings. The first kappa shape index (κ1) is 15.2. The number of halogens is 1. The van der Waals surface area contributed by atoms with Crippen LogP contribution in [0.5, 0.6) is 5.75 Å². The highest BCUT2D eigenvalue weighted by Crippen LogP contribution is 2.39. The van der Waals surface area contributed by atoms with Crippen molar-refractivity contribution in [3.8, 4) is 5.75 Å². The molecule has 2 N–H and O–H groups in total. The molecule has 0 aliphatic rings. The van der Waals surface area contributed by atoms with Gasteiger partial charge in [0.15, 0.2) is 0 Å². The molecule has 4 nitrogen and oxygen atoms in total. The zero-order valence-corrected chi connectivity index (χ0v) is 11.4. The lowest BCUT2D eigenvalue weighted by Crippen LogP contribution is -2.28. The molecule has 1 aromatic carbocycles. The molecule has 0 aliphatic carbocycles. The first-order valence-electron chi connectivity index (χ1n) is 5.79. The molecule has 102 valence electrons. The fourth-order valence-electron chi connectivity index (χ4n) is 1.51. The minimum absolute atomic E-state index is 0.244. The highest BCUT2D eigenvalue weighted by Gasteiger charge is 2.27. The van der Waals surface area contributed by atoms with Gasteiger partial charge in [-0.3, -0.25) is 4.57 Å². The summed E-state index contributed by atoms with van der Waals surface area (Å²) in [5.74, 6) is -1.33. The van der Waals surface area contributed by atoms with Gasteiger partial charge in [0, 0.05) is 12.8 Å². The Balaban J connectivity index is 2.74. The lowest BCUT2D eigenvalue weighted by Gasteiger charge is -2.23. The maximum atomic E-state index is 14.0. The average Bonchev–Trinajstić information content (AvgIpc) is 2.30. The van der Waals surface area contributed by atoms with Crippen molar-refractivity contribution < 1.29 is 23.5 Å². The third kappa shape index (κ3) is 4.77. The van der Waals surface area contributed by atoms with Crippen molar-refractivity contribution in [2.75, 3.05) is 0 Å². The van der Waals surface area contributed by atoms with Crippen LogP contribution >= 0.6 is 7.60 Å². The quantitative estimate of drug-likeness (QED) is 0.783. The summed E-state index contributed by atoms with van der Waals surface area (Å²) in [6, 6.07) is 6.09. The van der Waals surface area contributed by atoms with E-state index in [1.54, 1.807) is 13.8 Å². The van der Waals surface area contributed by atoms with Crippen molar-refractivity contribution in [2.24, 2.45) is 0 Å². The zero-order chi connectivity index (χ0) is 13.8. The van der Waals surface area contributed by atoms with Gasteiger partial charge >= 0.3 is 7.60 Å². The molecular formula is C12H18FO4P. The number of hydrogen-bond acceptors (Lipinski definition) is 2. The Morgan fingerprint density at radius 1 is 1.22 bits per heavy atom. The van der Waals surface area contributed by atoms with E-state index in [9.17, 15) is 8.96 Å². The lowest BCUT2D eigenvalue weighted by atomic mass is 10.2. The summed E-state index contributed by atoms with van der Waals surface area (Å²) in [6.07, 6.45) is 0.164. The van der Waals surface area contributed by atoms with Gasteiger partial charge in [0.1, 0.15) is 5.75 Å². The number of rotatable bonds is 6. The first-order chi connectivity index (χ1) is 8.28. The predicted molar refractivity (Wildman–Crippen MR) is 67.2 cm³/mol. The molecule has 0 heterocycles. The topological polar surface area (TPSA) is 66.8 Å². The Kier molecular flexibility index (Phi) is 4.91. The van der Waals surface area contributed by atoms with E-state index in [2.05, 4.69) is 0 Å². The Labute approximate surface area is 106 Å². The van der Waals surface area contributed by atoms with Gasteiger partial charge in [-0.2, -0.15) is 4.39 Å². The highest BCUT2D eigenvalue weighted by atomic mass is 31.2. The summed E-state index contributed by atoms with van der Waals surface area (Å²) in [7, 11) is -4.07. The molecule has 0 saturated heterocycles. The molecule has 6 heteroatoms. The minimum atomic E-state index is -4.07. The number of hydrogen-bond donors (Lipinski definition) is 2. The van der Waals surface area contributed by atoms with Gasteiger partial charge in [-0.15, -0.1) is 0 Å². The van der Waals surface area contributed by atoms with Gasteiger partial charge in [-0.1, -0.05) is 26.0 Å². The van der Waals surface area contributed by atoms with Crippen LogP contribution in [0.3, 0.4) is 0 Å². The molecule has 0 spiro atoms. The van der Waals surface area contributed by atoms with Gasteiger partial charge in [-0.05, 0) is 17.7 Å². The van der Waals surface area contributed by atoms with Crippen LogP contribution in [0.25, 0.3) is 0 Å². The number of ether oxygens (including phenoxy) is 1. The highest BCUT2D eigenvalue weighted by molar-refractivity contribution is 7.50. The Hall–Kier alpha value is -0.900. The van der Waals surface area contributed by atoms with Crippen molar-refractivity contribution in [3.63, 3.8) is 0 Å². The van der Waals surface area contributed by atoms with Crippen molar-refractivity contribution in [1.82, 2.24) is 0 Å². The fraction of sp³-hybridized carbons (Fsp3) is 0.500. The van der Waals surface area contributed by atoms with Crippen molar-refractivity contribution in [2.45, 2.75) is 38.7 Å². The zero-order valence-electron chi connectivity index (χ0n) is 10.5. The molecule has 0 unspecified atom stereocenters. The van der Waals surface area contributed by atoms with Crippen LogP contribution in [0.2, 0.25) is 0 Å². The molecule has 0 fully saturated rings. The second-order valence-electron chi connectivity index (χ2n) is 4.16. The molecule has 0 saturated carbocycles. The van der Waals surface area contributed by atoms with Crippen molar-refractivity contribution in [1.29, 1.82) is 0 Å². The third-order valence-electron chi connectivity index (χ3n) is 2.67. The molecule has 0 bridgehead atoms. The van der Waals surface area contributed by atoms with E-state index < -0.39 is 13.5 Å². The number of alkyl halides is 1. The minimum Gasteiger partial charge on any atom is -0.458 e. The van der Waals surface area contributed by atoms with E-state index in [1.165, 1.54) is 24.3 Å². The van der Waals surface area contributed by atoms with Gasteiger partial charge in [0.05, 0.1) is 6.16 Å². The summed E-state index contributed by atoms with van der Waals surface area (Å²) in [5, 5.41) is 0. The van der Waals surface area contributed by atoms with Crippen LogP contribution in [0.1, 0.15) is 32.3 Å². The molecule has 0 aliphatic heterocycles. The predicted octanol–water partition coefficient (Wildman–Crippen LogP) is 3.23. The largest absolute Gasteiger partial charge is 0.458 e. The van der Waals surface area contributed by atoms with Crippen molar-refractivity contribution >= 4 is 7.60 Å². The van der Waals surface area contributed by atoms with E-state index in [-0.39, 0.29) is 19.0 Å². The molecule has 18 heavy (non-hydrogen) atoms. The summed E-state index contributed by atoms with van der Waals surface area (Å²) >= 11 is 0. The molecular weight excluding hydrogens is 258 g/mol. The van der Waals surface area contributed by atoms with E-state index in [1.807, 2.05) is 0 Å². The maximum Gasteiger partial charge on any atom is 0.329 e. The molecule has 0 amide bonds. The van der Waals surface area contributed by atoms with Crippen LogP contribution in [0.15, 0.2) is 24.3 Å². The third-order valence-corrected chi connectivity index (χ3v) is 3.45. The summed E-state index contributed by atoms with van der Waals surface area (Å²) in [4.78, 5) is 17.6. The standard InChI is InChI=1S/C12H18FO4P/c1-3-12(13,4-2)17-11-7-5-10(6-8-11)9-18(14,15)16/h5-8H,3-4,9H2,1-2H3,(H2,14,15,16). The second kappa shape index (κ2) is 5.83. The van der Waals surface area contributed by atoms with Gasteiger partial charge in [0.25, 0.3) is 0 Å². The Morgan fingerprint density at radius 2 is 1.72 bits per heavy atom. The summed E-state index contributed by atoms with van der Waals surface area (Å²) in [5.41, 5.74) is 0.494. The van der Waals surface area contributed by atoms with E-state index in [0.717, 1.165) is 0 Å². The normalized spacial score (nSPS) is 12.5. The molecule has 0 radical (unpaired) electrons. The Morgan fingerprint density at radius 3 is 2.11 bits per heavy atom. The molecule has 1 rings (SSSR count). The SMILES string of the molecule is CCC(F)(CC)Oc1ccc(CP(=O)(O)O)cc1. The summed E-state index contributed by atoms with van der Waals surface area (Å²) < 4.78 is 30.0. The van der Waals surface area contributed by atoms with Crippen molar-refractivity contribution in [3.05, 3.63) is 29.8 Å². The smallest absolute Gasteiger partial charge is 0.329 e. The first-order valence-corrected chi connectivity index (χ1v) is 7.59. The monoisotopic (exact) mass is 276 g/mol. The van der Waals surface area contributed by atoms with Crippen LogP contribution in [0, 0.1) is 0 Å². The lowest BCUT2D eigenvalue weighted by molar-refractivity contribution is -0.0679. The van der Waals surface area contributed by atoms with Gasteiger partial charge < -0.3 is 14.5 Å². The van der Waals surface area contributed by atoms with Gasteiger partial charge in [-0.25, -0.2) is 0 Å². The van der Waals surface area contributed by atoms with Crippen LogP contribution in [0.4, 0.5) is 4.39 Å². The summed E-state index contributed by atoms with van der Waals surface area (Å²) in [6.45, 7) is 3.40. The number of benzene rings is 1. The Bertz CT molecular complexity index is 422. The maximum absolute atomic E-state index is 14.0. The van der Waals surface area contributed by atoms with Crippen LogP contribution < -0.4 is 4.74 Å². The molecule has 0 aromatic heterocycles. The fourth-order valence-corrected chi connectivity index (χ4v) is 2.19. The van der Waals surface area contributed by atoms with E-state index >= 15 is 0 Å². The van der Waals surface area contributed by atoms with Crippen LogP contribution in [-0.4, -0.2) is 15.6 Å². The second-order valence-corrected chi connectivity index (χ2v) is 5.80. The van der Waals surface area contributed by atoms with E-state index in [0.29, 0.717) is 11.3 Å². The molecule has 0 atom stereocenters.